The Labute approximate surface area is 168 Å². The van der Waals surface area contributed by atoms with Crippen molar-refractivity contribution in [2.75, 3.05) is 19.1 Å². The van der Waals surface area contributed by atoms with Gasteiger partial charge in [-0.1, -0.05) is 12.2 Å². The van der Waals surface area contributed by atoms with Gasteiger partial charge >= 0.3 is 5.97 Å². The summed E-state index contributed by atoms with van der Waals surface area (Å²) in [4.78, 5) is 40.3. The molecule has 3 saturated carbocycles. The van der Waals surface area contributed by atoms with Crippen molar-refractivity contribution >= 4 is 23.5 Å². The first-order chi connectivity index (χ1) is 14.0. The molecule has 0 aromatic heterocycles. The molecule has 150 valence electrons. The van der Waals surface area contributed by atoms with Crippen LogP contribution in [0.4, 0.5) is 5.69 Å². The first-order valence-electron chi connectivity index (χ1n) is 10.4. The minimum Gasteiger partial charge on any atom is -0.495 e. The van der Waals surface area contributed by atoms with Crippen LogP contribution in [0.2, 0.25) is 0 Å². The van der Waals surface area contributed by atoms with Gasteiger partial charge in [0.05, 0.1) is 37.3 Å². The second kappa shape index (κ2) is 5.71. The van der Waals surface area contributed by atoms with Crippen LogP contribution < -0.4 is 9.64 Å². The van der Waals surface area contributed by atoms with Gasteiger partial charge in [0.15, 0.2) is 0 Å². The lowest BCUT2D eigenvalue weighted by molar-refractivity contribution is -0.123. The molecule has 8 unspecified atom stereocenters. The second-order valence-electron chi connectivity index (χ2n) is 9.11. The SMILES string of the molecule is COC(=O)c1ccc(OC)c(N2C(=O)C3C4CC(C3C2=O)C2C3C=CC(C3)C42)c1. The number of amides is 2. The second-order valence-corrected chi connectivity index (χ2v) is 9.11. The summed E-state index contributed by atoms with van der Waals surface area (Å²) >= 11 is 0. The number of anilines is 1. The third kappa shape index (κ3) is 1.99. The van der Waals surface area contributed by atoms with E-state index in [1.54, 1.807) is 12.1 Å². The van der Waals surface area contributed by atoms with Crippen LogP contribution in [0.1, 0.15) is 23.2 Å². The Hall–Kier alpha value is -2.63. The smallest absolute Gasteiger partial charge is 0.337 e. The molecule has 0 radical (unpaired) electrons. The van der Waals surface area contributed by atoms with E-state index in [-0.39, 0.29) is 23.7 Å². The highest BCUT2D eigenvalue weighted by Gasteiger charge is 2.71. The molecule has 1 aromatic carbocycles. The summed E-state index contributed by atoms with van der Waals surface area (Å²) in [6, 6.07) is 4.73. The summed E-state index contributed by atoms with van der Waals surface area (Å²) in [5.74, 6) is 2.05. The fourth-order valence-electron chi connectivity index (χ4n) is 7.46. The summed E-state index contributed by atoms with van der Waals surface area (Å²) in [5.41, 5.74) is 0.647. The fourth-order valence-corrected chi connectivity index (χ4v) is 7.46. The van der Waals surface area contributed by atoms with E-state index in [4.69, 9.17) is 9.47 Å². The molecule has 6 nitrogen and oxygen atoms in total. The van der Waals surface area contributed by atoms with E-state index in [0.717, 1.165) is 6.42 Å². The summed E-state index contributed by atoms with van der Waals surface area (Å²) in [6.07, 6.45) is 6.87. The number of hydrogen-bond donors (Lipinski definition) is 0. The van der Waals surface area contributed by atoms with Crippen molar-refractivity contribution in [2.45, 2.75) is 12.8 Å². The molecule has 4 bridgehead atoms. The first-order valence-corrected chi connectivity index (χ1v) is 10.4. The molecule has 6 heteroatoms. The number of rotatable bonds is 3. The molecule has 6 rings (SSSR count). The average Bonchev–Trinajstić information content (AvgIpc) is 3.53. The van der Waals surface area contributed by atoms with Gasteiger partial charge in [-0.05, 0) is 66.5 Å². The highest BCUT2D eigenvalue weighted by atomic mass is 16.5. The number of allylic oxidation sites excluding steroid dienone is 2. The third-order valence-corrected chi connectivity index (χ3v) is 8.28. The number of hydrogen-bond acceptors (Lipinski definition) is 5. The van der Waals surface area contributed by atoms with Crippen molar-refractivity contribution in [1.82, 2.24) is 0 Å². The predicted molar refractivity (Wildman–Crippen MR) is 103 cm³/mol. The normalized spacial score (nSPS) is 40.6. The quantitative estimate of drug-likeness (QED) is 0.342. The topological polar surface area (TPSA) is 72.9 Å². The zero-order valence-corrected chi connectivity index (χ0v) is 16.4. The van der Waals surface area contributed by atoms with Crippen LogP contribution in [0, 0.1) is 47.3 Å². The number of imide groups is 1. The maximum atomic E-state index is 13.5. The van der Waals surface area contributed by atoms with Crippen molar-refractivity contribution in [3.05, 3.63) is 35.9 Å². The molecule has 1 aromatic rings. The van der Waals surface area contributed by atoms with Crippen molar-refractivity contribution in [1.29, 1.82) is 0 Å². The van der Waals surface area contributed by atoms with Gasteiger partial charge in [0, 0.05) is 0 Å². The maximum absolute atomic E-state index is 13.5. The van der Waals surface area contributed by atoms with E-state index in [1.807, 2.05) is 0 Å². The largest absolute Gasteiger partial charge is 0.495 e. The number of nitrogens with zero attached hydrogens (tertiary/aromatic N) is 1. The Balaban J connectivity index is 1.40. The molecular weight excluding hydrogens is 370 g/mol. The lowest BCUT2D eigenvalue weighted by Crippen LogP contribution is -2.38. The molecule has 1 aliphatic heterocycles. The zero-order valence-electron chi connectivity index (χ0n) is 16.4. The molecule has 8 atom stereocenters. The van der Waals surface area contributed by atoms with Gasteiger partial charge in [-0.2, -0.15) is 0 Å². The van der Waals surface area contributed by atoms with Crippen molar-refractivity contribution in [3.8, 4) is 5.75 Å². The minimum absolute atomic E-state index is 0.127. The Morgan fingerprint density at radius 1 is 0.966 bits per heavy atom. The highest BCUT2D eigenvalue weighted by Crippen LogP contribution is 2.70. The molecule has 4 fully saturated rings. The number of carbonyl (C=O) groups is 3. The van der Waals surface area contributed by atoms with Crippen molar-refractivity contribution < 1.29 is 23.9 Å². The van der Waals surface area contributed by atoms with Crippen LogP contribution in [0.5, 0.6) is 5.75 Å². The van der Waals surface area contributed by atoms with Gasteiger partial charge in [-0.3, -0.25) is 9.59 Å². The molecule has 0 N–H and O–H groups in total. The lowest BCUT2D eigenvalue weighted by atomic mass is 9.65. The summed E-state index contributed by atoms with van der Waals surface area (Å²) < 4.78 is 10.2. The van der Waals surface area contributed by atoms with Crippen molar-refractivity contribution in [2.24, 2.45) is 47.3 Å². The Morgan fingerprint density at radius 2 is 1.59 bits per heavy atom. The molecule has 5 aliphatic rings. The number of benzene rings is 1. The molecule has 4 aliphatic carbocycles. The molecule has 1 saturated heterocycles. The van der Waals surface area contributed by atoms with Crippen LogP contribution in [-0.4, -0.2) is 32.0 Å². The maximum Gasteiger partial charge on any atom is 0.337 e. The number of fused-ring (bicyclic) bond motifs is 12. The molecule has 29 heavy (non-hydrogen) atoms. The van der Waals surface area contributed by atoms with Crippen molar-refractivity contribution in [3.63, 3.8) is 0 Å². The van der Waals surface area contributed by atoms with Gasteiger partial charge in [-0.25, -0.2) is 9.69 Å². The first kappa shape index (κ1) is 17.2. The third-order valence-electron chi connectivity index (χ3n) is 8.28. The lowest BCUT2D eigenvalue weighted by Gasteiger charge is -2.36. The van der Waals surface area contributed by atoms with Crippen LogP contribution in [0.25, 0.3) is 0 Å². The summed E-state index contributed by atoms with van der Waals surface area (Å²) in [6.45, 7) is 0. The van der Waals surface area contributed by atoms with Gasteiger partial charge in [0.2, 0.25) is 11.8 Å². The average molecular weight is 393 g/mol. The van der Waals surface area contributed by atoms with E-state index >= 15 is 0 Å². The molecule has 1 heterocycles. The molecular formula is C23H23NO5. The molecule has 2 amide bonds. The van der Waals surface area contributed by atoms with E-state index in [9.17, 15) is 14.4 Å². The number of methoxy groups -OCH3 is 2. The number of ether oxygens (including phenoxy) is 2. The summed E-state index contributed by atoms with van der Waals surface area (Å²) in [5, 5.41) is 0. The van der Waals surface area contributed by atoms with E-state index in [2.05, 4.69) is 12.2 Å². The van der Waals surface area contributed by atoms with Crippen LogP contribution in [-0.2, 0) is 14.3 Å². The Kier molecular flexibility index (Phi) is 3.40. The monoisotopic (exact) mass is 393 g/mol. The Morgan fingerprint density at radius 3 is 2.14 bits per heavy atom. The van der Waals surface area contributed by atoms with Crippen LogP contribution in [0.3, 0.4) is 0 Å². The van der Waals surface area contributed by atoms with Crippen LogP contribution >= 0.6 is 0 Å². The Bertz CT molecular complexity index is 941. The summed E-state index contributed by atoms with van der Waals surface area (Å²) in [7, 11) is 2.81. The number of esters is 1. The zero-order chi connectivity index (χ0) is 20.0. The predicted octanol–water partition coefficient (Wildman–Crippen LogP) is 2.68. The minimum atomic E-state index is -0.509. The van der Waals surface area contributed by atoms with E-state index in [0.29, 0.717) is 52.5 Å². The van der Waals surface area contributed by atoms with E-state index < -0.39 is 5.97 Å². The van der Waals surface area contributed by atoms with E-state index in [1.165, 1.54) is 31.6 Å². The molecule has 0 spiro atoms. The number of carbonyl (C=O) groups excluding carboxylic acids is 3. The van der Waals surface area contributed by atoms with Gasteiger partial charge in [-0.15, -0.1) is 0 Å². The van der Waals surface area contributed by atoms with Gasteiger partial charge in [0.25, 0.3) is 0 Å². The standard InChI is InChI=1S/C23H23NO5/c1-28-16-6-5-12(23(27)29-2)8-15(16)24-21(25)19-13-9-14(20(19)22(24)26)18-11-4-3-10(7-11)17(13)18/h3-6,8,10-11,13-14,17-20H,7,9H2,1-2H3. The fraction of sp³-hybridized carbons (Fsp3) is 0.522. The van der Waals surface area contributed by atoms with Crippen LogP contribution in [0.15, 0.2) is 30.4 Å². The highest BCUT2D eigenvalue weighted by molar-refractivity contribution is 6.23. The van der Waals surface area contributed by atoms with Gasteiger partial charge in [0.1, 0.15) is 5.75 Å². The van der Waals surface area contributed by atoms with Gasteiger partial charge < -0.3 is 9.47 Å².